The number of carbonyl (C=O) groups is 2. The van der Waals surface area contributed by atoms with Gasteiger partial charge in [-0.3, -0.25) is 9.59 Å². The molecule has 108 valence electrons. The number of nitrogens with one attached hydrogen (secondary N) is 1. The number of carbonyl (C=O) groups excluding carboxylic acids is 2. The molecule has 1 unspecified atom stereocenters. The number of aliphatic hydroxyl groups is 1. The van der Waals surface area contributed by atoms with Crippen LogP contribution in [0.2, 0.25) is 0 Å². The molecule has 5 heteroatoms. The number of ketones is 1. The fraction of sp³-hybridized carbons (Fsp3) is 0.250. The fourth-order valence-electron chi connectivity index (χ4n) is 2.61. The summed E-state index contributed by atoms with van der Waals surface area (Å²) in [7, 11) is 0. The molecule has 1 aliphatic carbocycles. The van der Waals surface area contributed by atoms with Crippen LogP contribution in [0.5, 0.6) is 5.75 Å². The highest BCUT2D eigenvalue weighted by atomic mass is 16.3. The van der Waals surface area contributed by atoms with Crippen LogP contribution in [-0.4, -0.2) is 27.5 Å². The largest absolute Gasteiger partial charge is 0.508 e. The summed E-state index contributed by atoms with van der Waals surface area (Å²) < 4.78 is 0. The van der Waals surface area contributed by atoms with Gasteiger partial charge in [-0.2, -0.15) is 0 Å². The monoisotopic (exact) mass is 285 g/mol. The van der Waals surface area contributed by atoms with E-state index in [2.05, 4.69) is 5.32 Å². The molecule has 3 N–H and O–H groups in total. The van der Waals surface area contributed by atoms with Gasteiger partial charge >= 0.3 is 0 Å². The number of aromatic hydroxyl groups is 1. The molecular formula is C16H15NO4. The lowest BCUT2D eigenvalue weighted by Gasteiger charge is -2.31. The fourth-order valence-corrected chi connectivity index (χ4v) is 2.61. The minimum Gasteiger partial charge on any atom is -0.508 e. The summed E-state index contributed by atoms with van der Waals surface area (Å²) in [6.45, 7) is 0. The second-order valence-corrected chi connectivity index (χ2v) is 5.34. The minimum atomic E-state index is -1.67. The molecular weight excluding hydrogens is 270 g/mol. The molecule has 5 nitrogen and oxygen atoms in total. The summed E-state index contributed by atoms with van der Waals surface area (Å²) in [5, 5.41) is 22.5. The van der Waals surface area contributed by atoms with Gasteiger partial charge in [-0.05, 0) is 42.3 Å². The van der Waals surface area contributed by atoms with E-state index < -0.39 is 11.4 Å². The standard InChI is InChI=1S/C16H15NO4/c18-12-4-1-11(2-5-12)15(20)16(21)8-7-10-3-6-14(19)17-13(10)9-16/h1-2,4-5,7,9,18,21H,3,6,8H2,(H,17,19). The van der Waals surface area contributed by atoms with E-state index in [1.54, 1.807) is 6.08 Å². The molecule has 1 atom stereocenters. The van der Waals surface area contributed by atoms with Gasteiger partial charge in [0.15, 0.2) is 11.4 Å². The third-order valence-electron chi connectivity index (χ3n) is 3.81. The summed E-state index contributed by atoms with van der Waals surface area (Å²) in [5.74, 6) is -0.507. The van der Waals surface area contributed by atoms with Crippen molar-refractivity contribution in [3.8, 4) is 5.75 Å². The molecule has 1 aromatic rings. The Morgan fingerprint density at radius 1 is 1.19 bits per heavy atom. The molecule has 1 saturated heterocycles. The molecule has 0 bridgehead atoms. The zero-order valence-corrected chi connectivity index (χ0v) is 11.3. The Morgan fingerprint density at radius 2 is 1.90 bits per heavy atom. The SMILES string of the molecule is O=C1CCC2=CCC(O)(C(=O)c3ccc(O)cc3)C=C2N1. The van der Waals surface area contributed by atoms with Gasteiger partial charge in [0.2, 0.25) is 5.91 Å². The number of hydrogen-bond donors (Lipinski definition) is 3. The Kier molecular flexibility index (Phi) is 3.14. The predicted molar refractivity (Wildman–Crippen MR) is 75.5 cm³/mol. The summed E-state index contributed by atoms with van der Waals surface area (Å²) in [6.07, 6.45) is 4.46. The van der Waals surface area contributed by atoms with Crippen LogP contribution in [0, 0.1) is 0 Å². The molecule has 1 heterocycles. The highest BCUT2D eigenvalue weighted by Crippen LogP contribution is 2.32. The topological polar surface area (TPSA) is 86.6 Å². The van der Waals surface area contributed by atoms with Gasteiger partial charge in [0.05, 0.1) is 0 Å². The number of hydrogen-bond acceptors (Lipinski definition) is 4. The van der Waals surface area contributed by atoms with Gasteiger partial charge in [-0.25, -0.2) is 0 Å². The average Bonchev–Trinajstić information content (AvgIpc) is 2.47. The van der Waals surface area contributed by atoms with Gasteiger partial charge in [0.1, 0.15) is 5.75 Å². The number of benzene rings is 1. The van der Waals surface area contributed by atoms with Gasteiger partial charge in [-0.1, -0.05) is 6.08 Å². The van der Waals surface area contributed by atoms with Crippen LogP contribution >= 0.6 is 0 Å². The number of Topliss-reactive ketones (excluding diaryl/α,β-unsaturated/α-hetero) is 1. The molecule has 0 aromatic heterocycles. The quantitative estimate of drug-likeness (QED) is 0.717. The van der Waals surface area contributed by atoms with Crippen molar-refractivity contribution in [1.82, 2.24) is 5.32 Å². The first kappa shape index (κ1) is 13.6. The van der Waals surface area contributed by atoms with Crippen LogP contribution in [0.1, 0.15) is 29.6 Å². The van der Waals surface area contributed by atoms with E-state index in [-0.39, 0.29) is 18.1 Å². The Balaban J connectivity index is 1.91. The minimum absolute atomic E-state index is 0.0577. The average molecular weight is 285 g/mol. The molecule has 3 rings (SSSR count). The zero-order valence-electron chi connectivity index (χ0n) is 11.3. The predicted octanol–water partition coefficient (Wildman–Crippen LogP) is 1.43. The van der Waals surface area contributed by atoms with Crippen molar-refractivity contribution >= 4 is 11.7 Å². The van der Waals surface area contributed by atoms with E-state index in [0.29, 0.717) is 24.1 Å². The molecule has 1 aromatic carbocycles. The van der Waals surface area contributed by atoms with Crippen LogP contribution < -0.4 is 5.32 Å². The van der Waals surface area contributed by atoms with E-state index >= 15 is 0 Å². The first-order chi connectivity index (χ1) is 9.98. The summed E-state index contributed by atoms with van der Waals surface area (Å²) in [6, 6.07) is 5.73. The normalized spacial score (nSPS) is 24.5. The number of amides is 1. The number of phenolic OH excluding ortho intramolecular Hbond substituents is 1. The van der Waals surface area contributed by atoms with Crippen molar-refractivity contribution in [3.05, 3.63) is 53.3 Å². The van der Waals surface area contributed by atoms with Gasteiger partial charge in [0, 0.05) is 24.1 Å². The maximum Gasteiger partial charge on any atom is 0.224 e. The maximum absolute atomic E-state index is 12.5. The lowest BCUT2D eigenvalue weighted by Crippen LogP contribution is -2.41. The van der Waals surface area contributed by atoms with E-state index in [1.807, 2.05) is 0 Å². The maximum atomic E-state index is 12.5. The highest BCUT2D eigenvalue weighted by Gasteiger charge is 2.37. The summed E-state index contributed by atoms with van der Waals surface area (Å²) in [5.41, 5.74) is 0.122. The lowest BCUT2D eigenvalue weighted by atomic mass is 9.82. The Labute approximate surface area is 121 Å². The highest BCUT2D eigenvalue weighted by molar-refractivity contribution is 6.04. The molecule has 1 amide bonds. The van der Waals surface area contributed by atoms with E-state index in [9.17, 15) is 19.8 Å². The zero-order chi connectivity index (χ0) is 15.0. The van der Waals surface area contributed by atoms with Crippen LogP contribution in [0.3, 0.4) is 0 Å². The van der Waals surface area contributed by atoms with E-state index in [0.717, 1.165) is 5.57 Å². The third-order valence-corrected chi connectivity index (χ3v) is 3.81. The Bertz CT molecular complexity index is 672. The van der Waals surface area contributed by atoms with Crippen LogP contribution in [-0.2, 0) is 4.79 Å². The van der Waals surface area contributed by atoms with Crippen LogP contribution in [0.15, 0.2) is 47.7 Å². The van der Waals surface area contributed by atoms with Crippen LogP contribution in [0.25, 0.3) is 0 Å². The summed E-state index contributed by atoms with van der Waals surface area (Å²) in [4.78, 5) is 23.9. The third kappa shape index (κ3) is 2.48. The number of allylic oxidation sites excluding steroid dienone is 1. The van der Waals surface area contributed by atoms with Crippen molar-refractivity contribution in [2.24, 2.45) is 0 Å². The van der Waals surface area contributed by atoms with Gasteiger partial charge < -0.3 is 15.5 Å². The number of phenols is 1. The second-order valence-electron chi connectivity index (χ2n) is 5.34. The van der Waals surface area contributed by atoms with Gasteiger partial charge in [0.25, 0.3) is 0 Å². The molecule has 21 heavy (non-hydrogen) atoms. The first-order valence-corrected chi connectivity index (χ1v) is 6.76. The molecule has 0 radical (unpaired) electrons. The molecule has 2 aliphatic rings. The van der Waals surface area contributed by atoms with Crippen molar-refractivity contribution in [1.29, 1.82) is 0 Å². The smallest absolute Gasteiger partial charge is 0.224 e. The van der Waals surface area contributed by atoms with Crippen molar-refractivity contribution in [2.75, 3.05) is 0 Å². The molecule has 0 saturated carbocycles. The van der Waals surface area contributed by atoms with Gasteiger partial charge in [-0.15, -0.1) is 0 Å². The Morgan fingerprint density at radius 3 is 2.62 bits per heavy atom. The first-order valence-electron chi connectivity index (χ1n) is 6.76. The number of piperidine rings is 1. The van der Waals surface area contributed by atoms with E-state index in [4.69, 9.17) is 0 Å². The van der Waals surface area contributed by atoms with Crippen molar-refractivity contribution < 1.29 is 19.8 Å². The van der Waals surface area contributed by atoms with E-state index in [1.165, 1.54) is 30.3 Å². The molecule has 1 fully saturated rings. The molecule has 1 aliphatic heterocycles. The Hall–Kier alpha value is -2.40. The summed E-state index contributed by atoms with van der Waals surface area (Å²) >= 11 is 0. The van der Waals surface area contributed by atoms with Crippen molar-refractivity contribution in [3.63, 3.8) is 0 Å². The molecule has 0 spiro atoms. The number of fused-ring (bicyclic) bond motifs is 1. The lowest BCUT2D eigenvalue weighted by molar-refractivity contribution is -0.120. The van der Waals surface area contributed by atoms with Crippen LogP contribution in [0.4, 0.5) is 0 Å². The number of rotatable bonds is 2. The second kappa shape index (κ2) is 4.86. The van der Waals surface area contributed by atoms with Crippen molar-refractivity contribution in [2.45, 2.75) is 24.9 Å².